The average Bonchev–Trinajstić information content (AvgIpc) is 2.80. The minimum atomic E-state index is -1.22. The van der Waals surface area contributed by atoms with Crippen molar-refractivity contribution in [2.75, 3.05) is 6.61 Å². The van der Waals surface area contributed by atoms with E-state index in [1.165, 1.54) is 6.08 Å². The normalized spacial score (nSPS) is 33.8. The van der Waals surface area contributed by atoms with Crippen LogP contribution in [0, 0.1) is 0 Å². The quantitative estimate of drug-likeness (QED) is 0.557. The van der Waals surface area contributed by atoms with Gasteiger partial charge in [0.1, 0.15) is 10.9 Å². The van der Waals surface area contributed by atoms with Crippen molar-refractivity contribution in [1.82, 2.24) is 0 Å². The Balaban J connectivity index is 2.23. The van der Waals surface area contributed by atoms with Crippen LogP contribution in [0.3, 0.4) is 0 Å². The molecule has 0 saturated carbocycles. The number of esters is 1. The minimum absolute atomic E-state index is 0.0531. The summed E-state index contributed by atoms with van der Waals surface area (Å²) in [6.45, 7) is 1.91. The van der Waals surface area contributed by atoms with Crippen molar-refractivity contribution in [1.29, 1.82) is 0 Å². The summed E-state index contributed by atoms with van der Waals surface area (Å²) in [5.41, 5.74) is -1.13. The van der Waals surface area contributed by atoms with E-state index < -0.39 is 22.5 Å². The fourth-order valence-corrected chi connectivity index (χ4v) is 3.56. The van der Waals surface area contributed by atoms with E-state index in [1.807, 2.05) is 0 Å². The van der Waals surface area contributed by atoms with E-state index in [4.69, 9.17) is 9.57 Å². The van der Waals surface area contributed by atoms with Crippen LogP contribution in [0.25, 0.3) is 0 Å². The molecule has 3 atom stereocenters. The van der Waals surface area contributed by atoms with E-state index in [1.54, 1.807) is 6.92 Å². The molecule has 1 heterocycles. The van der Waals surface area contributed by atoms with Gasteiger partial charge < -0.3 is 14.7 Å². The number of carbonyl (C=O) groups excluding carboxylic acids is 2. The lowest BCUT2D eigenvalue weighted by molar-refractivity contribution is -0.135. The summed E-state index contributed by atoms with van der Waals surface area (Å²) in [5.74, 6) is -0.870. The van der Waals surface area contributed by atoms with E-state index in [2.05, 4.69) is 37.0 Å². The second-order valence-corrected chi connectivity index (χ2v) is 6.03. The lowest BCUT2D eigenvalue weighted by atomic mass is 9.83. The molecular weight excluding hydrogens is 386 g/mol. The number of carbonyl (C=O) groups is 2. The Morgan fingerprint density at radius 2 is 2.42 bits per heavy atom. The third-order valence-electron chi connectivity index (χ3n) is 2.92. The van der Waals surface area contributed by atoms with Gasteiger partial charge in [-0.25, -0.2) is 4.79 Å². The van der Waals surface area contributed by atoms with Crippen molar-refractivity contribution in [3.8, 4) is 0 Å². The molecule has 1 aliphatic carbocycles. The summed E-state index contributed by atoms with van der Waals surface area (Å²) in [6, 6.07) is 0. The minimum Gasteiger partial charge on any atom is -0.461 e. The third kappa shape index (κ3) is 2.48. The van der Waals surface area contributed by atoms with Crippen molar-refractivity contribution in [2.45, 2.75) is 29.9 Å². The molecule has 0 aromatic carbocycles. The smallest absolute Gasteiger partial charge is 0.356 e. The van der Waals surface area contributed by atoms with Crippen LogP contribution in [0.2, 0.25) is 0 Å². The number of aliphatic hydroxyl groups excluding tert-OH is 1. The first kappa shape index (κ1) is 14.7. The van der Waals surface area contributed by atoms with E-state index in [-0.39, 0.29) is 29.0 Å². The van der Waals surface area contributed by atoms with Gasteiger partial charge >= 0.3 is 5.97 Å². The number of ketones is 1. The highest BCUT2D eigenvalue weighted by Gasteiger charge is 2.53. The number of Topliss-reactive ketones (excluding diaryl/α,β-unsaturated/α-hetero) is 1. The van der Waals surface area contributed by atoms with Crippen molar-refractivity contribution in [2.24, 2.45) is 5.16 Å². The van der Waals surface area contributed by atoms with Gasteiger partial charge in [-0.05, 0) is 28.9 Å². The highest BCUT2D eigenvalue weighted by Crippen LogP contribution is 2.39. The van der Waals surface area contributed by atoms with E-state index in [9.17, 15) is 14.7 Å². The zero-order valence-electron chi connectivity index (χ0n) is 9.93. The number of ether oxygens (including phenoxy) is 1. The van der Waals surface area contributed by atoms with Gasteiger partial charge in [-0.15, -0.1) is 0 Å². The van der Waals surface area contributed by atoms with Gasteiger partial charge in [0.25, 0.3) is 0 Å². The molecule has 1 aliphatic heterocycles. The van der Waals surface area contributed by atoms with Gasteiger partial charge in [-0.2, -0.15) is 0 Å². The second-order valence-electron chi connectivity index (χ2n) is 4.18. The maximum atomic E-state index is 11.7. The van der Waals surface area contributed by atoms with E-state index >= 15 is 0 Å². The number of hydrogen-bond donors (Lipinski definition) is 1. The van der Waals surface area contributed by atoms with Gasteiger partial charge in [0, 0.05) is 6.42 Å². The third-order valence-corrected chi connectivity index (χ3v) is 4.45. The van der Waals surface area contributed by atoms with Crippen LogP contribution in [0.15, 0.2) is 15.7 Å². The molecule has 8 heteroatoms. The van der Waals surface area contributed by atoms with Crippen LogP contribution in [0.4, 0.5) is 0 Å². The number of nitrogens with zero attached hydrogens (tertiary/aromatic N) is 1. The van der Waals surface area contributed by atoms with Crippen molar-refractivity contribution < 1.29 is 24.3 Å². The monoisotopic (exact) mass is 395 g/mol. The van der Waals surface area contributed by atoms with Crippen LogP contribution < -0.4 is 0 Å². The molecule has 1 N–H and O–H groups in total. The van der Waals surface area contributed by atoms with Gasteiger partial charge in [0.15, 0.2) is 17.1 Å². The fourth-order valence-electron chi connectivity index (χ4n) is 1.92. The van der Waals surface area contributed by atoms with Crippen LogP contribution in [0.1, 0.15) is 13.3 Å². The van der Waals surface area contributed by atoms with Gasteiger partial charge in [-0.1, -0.05) is 21.1 Å². The maximum absolute atomic E-state index is 11.7. The Labute approximate surface area is 126 Å². The van der Waals surface area contributed by atoms with E-state index in [0.717, 1.165) is 0 Å². The van der Waals surface area contributed by atoms with Crippen molar-refractivity contribution in [3.63, 3.8) is 0 Å². The van der Waals surface area contributed by atoms with E-state index in [0.29, 0.717) is 0 Å². The number of hydrogen-bond acceptors (Lipinski definition) is 6. The lowest BCUT2D eigenvalue weighted by Gasteiger charge is -2.34. The van der Waals surface area contributed by atoms with Crippen LogP contribution >= 0.6 is 31.9 Å². The van der Waals surface area contributed by atoms with Crippen molar-refractivity contribution in [3.05, 3.63) is 10.6 Å². The summed E-state index contributed by atoms with van der Waals surface area (Å²) in [4.78, 5) is 27.7. The molecule has 0 aromatic rings. The zero-order valence-corrected chi connectivity index (χ0v) is 13.1. The molecule has 0 saturated heterocycles. The van der Waals surface area contributed by atoms with Gasteiger partial charge in [0.05, 0.1) is 11.1 Å². The van der Waals surface area contributed by atoms with Crippen LogP contribution in [-0.2, 0) is 19.2 Å². The molecule has 0 unspecified atom stereocenters. The molecule has 0 radical (unpaired) electrons. The first-order chi connectivity index (χ1) is 8.91. The summed E-state index contributed by atoms with van der Waals surface area (Å²) in [5, 5.41) is 13.8. The Morgan fingerprint density at radius 1 is 1.74 bits per heavy atom. The molecule has 1 spiro atoms. The summed E-state index contributed by atoms with van der Waals surface area (Å²) in [7, 11) is 0. The molecular formula is C11H11Br2NO5. The Bertz CT molecular complexity index is 489. The van der Waals surface area contributed by atoms with Gasteiger partial charge in [-0.3, -0.25) is 4.79 Å². The number of oxime groups is 1. The maximum Gasteiger partial charge on any atom is 0.356 e. The number of halogens is 2. The molecule has 2 rings (SSSR count). The SMILES string of the molecule is CCOC(=O)C1=NO[C@@]2(C=C(Br)C(=O)[C@@H](Br)[C@H]2O)C1. The number of alkyl halides is 1. The highest BCUT2D eigenvalue weighted by atomic mass is 79.9. The van der Waals surface area contributed by atoms with Crippen LogP contribution in [0.5, 0.6) is 0 Å². The van der Waals surface area contributed by atoms with Crippen LogP contribution in [-0.4, -0.2) is 45.7 Å². The number of aliphatic hydroxyl groups is 1. The molecule has 2 aliphatic rings. The first-order valence-corrected chi connectivity index (χ1v) is 7.29. The summed E-state index contributed by atoms with van der Waals surface area (Å²) >= 11 is 6.23. The molecule has 0 bridgehead atoms. The molecule has 0 aromatic heterocycles. The average molecular weight is 397 g/mol. The molecule has 19 heavy (non-hydrogen) atoms. The second kappa shape index (κ2) is 5.34. The fraction of sp³-hybridized carbons (Fsp3) is 0.545. The lowest BCUT2D eigenvalue weighted by Crippen LogP contribution is -2.52. The first-order valence-electron chi connectivity index (χ1n) is 5.58. The Hall–Kier alpha value is -0.730. The standard InChI is InChI=1S/C11H11Br2NO5/c1-2-18-10(17)6-4-11(19-14-6)3-5(12)8(15)7(13)9(11)16/h3,7,9,16H,2,4H2,1H3/t7-,9-,11+/m1/s1. The predicted molar refractivity (Wildman–Crippen MR) is 73.2 cm³/mol. The molecule has 0 fully saturated rings. The zero-order chi connectivity index (χ0) is 14.2. The largest absolute Gasteiger partial charge is 0.461 e. The van der Waals surface area contributed by atoms with Crippen molar-refractivity contribution >= 4 is 49.3 Å². The Morgan fingerprint density at radius 3 is 3.05 bits per heavy atom. The number of rotatable bonds is 2. The molecule has 0 amide bonds. The number of allylic oxidation sites excluding steroid dienone is 1. The summed E-state index contributed by atoms with van der Waals surface area (Å²) in [6.07, 6.45) is 0.349. The summed E-state index contributed by atoms with van der Waals surface area (Å²) < 4.78 is 5.11. The predicted octanol–water partition coefficient (Wildman–Crippen LogP) is 1.05. The topological polar surface area (TPSA) is 85.2 Å². The Kier molecular flexibility index (Phi) is 4.12. The highest BCUT2D eigenvalue weighted by molar-refractivity contribution is 9.12. The molecule has 104 valence electrons. The molecule has 6 nitrogen and oxygen atoms in total. The van der Waals surface area contributed by atoms with Gasteiger partial charge in [0.2, 0.25) is 0 Å².